The lowest BCUT2D eigenvalue weighted by Gasteiger charge is -2.35. The molecule has 2 saturated heterocycles. The lowest BCUT2D eigenvalue weighted by Crippen LogP contribution is -2.43. The first kappa shape index (κ1) is 14.5. The number of carbonyl (C=O) groups is 1. The van der Waals surface area contributed by atoms with Crippen molar-refractivity contribution in [3.05, 3.63) is 35.4 Å². The monoisotopic (exact) mass is 288 g/mol. The zero-order valence-electron chi connectivity index (χ0n) is 12.8. The van der Waals surface area contributed by atoms with Crippen molar-refractivity contribution < 1.29 is 9.53 Å². The number of rotatable bonds is 3. The van der Waals surface area contributed by atoms with Gasteiger partial charge in [0.2, 0.25) is 5.91 Å². The van der Waals surface area contributed by atoms with Crippen molar-refractivity contribution in [3.8, 4) is 0 Å². The Morgan fingerprint density at radius 1 is 1.29 bits per heavy atom. The lowest BCUT2D eigenvalue weighted by atomic mass is 10.0. The number of ether oxygens (including phenoxy) is 1. The molecule has 2 atom stereocenters. The van der Waals surface area contributed by atoms with E-state index in [1.807, 2.05) is 6.07 Å². The van der Waals surface area contributed by atoms with Crippen LogP contribution in [0.5, 0.6) is 0 Å². The topological polar surface area (TPSA) is 41.6 Å². The Kier molecular flexibility index (Phi) is 4.27. The second-order valence-electron chi connectivity index (χ2n) is 5.98. The van der Waals surface area contributed by atoms with Crippen LogP contribution in [0.4, 0.5) is 0 Å². The van der Waals surface area contributed by atoms with Gasteiger partial charge in [-0.15, -0.1) is 0 Å². The normalized spacial score (nSPS) is 27.3. The van der Waals surface area contributed by atoms with Crippen LogP contribution in [0.1, 0.15) is 43.5 Å². The van der Waals surface area contributed by atoms with E-state index in [9.17, 15) is 4.79 Å². The standard InChI is InChI=1S/C17H24N2O2/c1-3-15-17(20)19(13-8-10-21-11-9-13)16(18-15)14-7-5-4-6-12(14)2/h4-7,13,15-16,18H,3,8-11H2,1-2H3. The van der Waals surface area contributed by atoms with Gasteiger partial charge in [-0.1, -0.05) is 31.2 Å². The Bertz CT molecular complexity index is 511. The van der Waals surface area contributed by atoms with Gasteiger partial charge < -0.3 is 9.64 Å². The highest BCUT2D eigenvalue weighted by atomic mass is 16.5. The second kappa shape index (κ2) is 6.16. The maximum Gasteiger partial charge on any atom is 0.241 e. The Balaban J connectivity index is 1.92. The molecule has 1 amide bonds. The van der Waals surface area contributed by atoms with Crippen LogP contribution in [-0.2, 0) is 9.53 Å². The Morgan fingerprint density at radius 3 is 2.67 bits per heavy atom. The van der Waals surface area contributed by atoms with Gasteiger partial charge in [0.05, 0.1) is 6.04 Å². The van der Waals surface area contributed by atoms with E-state index < -0.39 is 0 Å². The molecule has 4 heteroatoms. The maximum atomic E-state index is 12.8. The molecule has 3 rings (SSSR count). The summed E-state index contributed by atoms with van der Waals surface area (Å²) in [6, 6.07) is 8.58. The molecule has 2 fully saturated rings. The Labute approximate surface area is 126 Å². The summed E-state index contributed by atoms with van der Waals surface area (Å²) in [6.07, 6.45) is 2.71. The third-order valence-electron chi connectivity index (χ3n) is 4.67. The van der Waals surface area contributed by atoms with Crippen molar-refractivity contribution in [2.75, 3.05) is 13.2 Å². The van der Waals surface area contributed by atoms with Crippen LogP contribution in [0.3, 0.4) is 0 Å². The first-order valence-electron chi connectivity index (χ1n) is 7.94. The van der Waals surface area contributed by atoms with Crippen LogP contribution in [-0.4, -0.2) is 36.1 Å². The molecular formula is C17H24N2O2. The fourth-order valence-corrected chi connectivity index (χ4v) is 3.43. The number of amides is 1. The third kappa shape index (κ3) is 2.70. The maximum absolute atomic E-state index is 12.8. The summed E-state index contributed by atoms with van der Waals surface area (Å²) in [4.78, 5) is 14.8. The molecule has 1 aromatic rings. The highest BCUT2D eigenvalue weighted by Crippen LogP contribution is 2.33. The molecule has 0 aromatic heterocycles. The summed E-state index contributed by atoms with van der Waals surface area (Å²) < 4.78 is 5.45. The summed E-state index contributed by atoms with van der Waals surface area (Å²) >= 11 is 0. The summed E-state index contributed by atoms with van der Waals surface area (Å²) in [6.45, 7) is 5.69. The number of carbonyl (C=O) groups excluding carboxylic acids is 1. The quantitative estimate of drug-likeness (QED) is 0.928. The first-order valence-corrected chi connectivity index (χ1v) is 7.94. The molecule has 21 heavy (non-hydrogen) atoms. The van der Waals surface area contributed by atoms with Gasteiger partial charge in [-0.25, -0.2) is 0 Å². The Morgan fingerprint density at radius 2 is 2.00 bits per heavy atom. The summed E-state index contributed by atoms with van der Waals surface area (Å²) in [5, 5.41) is 3.53. The molecule has 0 aliphatic carbocycles. The van der Waals surface area contributed by atoms with E-state index in [4.69, 9.17) is 4.74 Å². The van der Waals surface area contributed by atoms with E-state index in [2.05, 4.69) is 42.3 Å². The van der Waals surface area contributed by atoms with E-state index in [0.29, 0.717) is 6.04 Å². The highest BCUT2D eigenvalue weighted by Gasteiger charge is 2.42. The van der Waals surface area contributed by atoms with Crippen molar-refractivity contribution in [2.45, 2.75) is 51.4 Å². The van der Waals surface area contributed by atoms with Crippen molar-refractivity contribution >= 4 is 5.91 Å². The van der Waals surface area contributed by atoms with Gasteiger partial charge in [0, 0.05) is 19.3 Å². The van der Waals surface area contributed by atoms with E-state index in [1.165, 1.54) is 11.1 Å². The molecular weight excluding hydrogens is 264 g/mol. The average molecular weight is 288 g/mol. The minimum absolute atomic E-state index is 0.00625. The SMILES string of the molecule is CCC1NC(c2ccccc2C)N(C2CCOCC2)C1=O. The largest absolute Gasteiger partial charge is 0.381 e. The Hall–Kier alpha value is -1.39. The minimum atomic E-state index is -0.0579. The fourth-order valence-electron chi connectivity index (χ4n) is 3.43. The number of aryl methyl sites for hydroxylation is 1. The predicted molar refractivity (Wildman–Crippen MR) is 81.8 cm³/mol. The molecule has 2 aliphatic heterocycles. The molecule has 0 radical (unpaired) electrons. The van der Waals surface area contributed by atoms with Crippen molar-refractivity contribution in [3.63, 3.8) is 0 Å². The van der Waals surface area contributed by atoms with Gasteiger partial charge in [-0.05, 0) is 37.3 Å². The van der Waals surface area contributed by atoms with Crippen molar-refractivity contribution in [1.29, 1.82) is 0 Å². The molecule has 0 saturated carbocycles. The van der Waals surface area contributed by atoms with Gasteiger partial charge in [-0.2, -0.15) is 0 Å². The van der Waals surface area contributed by atoms with Crippen molar-refractivity contribution in [1.82, 2.24) is 10.2 Å². The molecule has 2 unspecified atom stereocenters. The van der Waals surface area contributed by atoms with Gasteiger partial charge in [0.25, 0.3) is 0 Å². The number of hydrogen-bond donors (Lipinski definition) is 1. The van der Waals surface area contributed by atoms with Crippen LogP contribution in [0.25, 0.3) is 0 Å². The number of nitrogens with one attached hydrogen (secondary N) is 1. The molecule has 114 valence electrons. The van der Waals surface area contributed by atoms with E-state index in [1.54, 1.807) is 0 Å². The van der Waals surface area contributed by atoms with Gasteiger partial charge in [0.15, 0.2) is 0 Å². The second-order valence-corrected chi connectivity index (χ2v) is 5.98. The molecule has 1 N–H and O–H groups in total. The van der Waals surface area contributed by atoms with Gasteiger partial charge >= 0.3 is 0 Å². The molecule has 0 bridgehead atoms. The molecule has 1 aromatic carbocycles. The highest BCUT2D eigenvalue weighted by molar-refractivity contribution is 5.85. The molecule has 2 heterocycles. The van der Waals surface area contributed by atoms with Crippen LogP contribution in [0.15, 0.2) is 24.3 Å². The van der Waals surface area contributed by atoms with Crippen LogP contribution in [0.2, 0.25) is 0 Å². The van der Waals surface area contributed by atoms with Gasteiger partial charge in [0.1, 0.15) is 6.17 Å². The zero-order chi connectivity index (χ0) is 14.8. The third-order valence-corrected chi connectivity index (χ3v) is 4.67. The van der Waals surface area contributed by atoms with E-state index >= 15 is 0 Å². The summed E-state index contributed by atoms with van der Waals surface area (Å²) in [5.74, 6) is 0.248. The smallest absolute Gasteiger partial charge is 0.241 e. The van der Waals surface area contributed by atoms with Crippen LogP contribution in [0, 0.1) is 6.92 Å². The number of benzene rings is 1. The van der Waals surface area contributed by atoms with E-state index in [-0.39, 0.29) is 18.1 Å². The summed E-state index contributed by atoms with van der Waals surface area (Å²) in [7, 11) is 0. The molecule has 0 spiro atoms. The predicted octanol–water partition coefficient (Wildman–Crippen LogP) is 2.38. The molecule has 2 aliphatic rings. The van der Waals surface area contributed by atoms with Crippen LogP contribution < -0.4 is 5.32 Å². The molecule has 4 nitrogen and oxygen atoms in total. The zero-order valence-corrected chi connectivity index (χ0v) is 12.8. The fraction of sp³-hybridized carbons (Fsp3) is 0.588. The van der Waals surface area contributed by atoms with Gasteiger partial charge in [-0.3, -0.25) is 10.1 Å². The first-order chi connectivity index (χ1) is 10.2. The average Bonchev–Trinajstić information content (AvgIpc) is 2.85. The van der Waals surface area contributed by atoms with E-state index in [0.717, 1.165) is 32.5 Å². The minimum Gasteiger partial charge on any atom is -0.381 e. The van der Waals surface area contributed by atoms with Crippen molar-refractivity contribution in [2.24, 2.45) is 0 Å². The lowest BCUT2D eigenvalue weighted by molar-refractivity contribution is -0.134. The number of nitrogens with zero attached hydrogens (tertiary/aromatic N) is 1. The number of hydrogen-bond acceptors (Lipinski definition) is 3. The van der Waals surface area contributed by atoms with Crippen LogP contribution >= 0.6 is 0 Å². The summed E-state index contributed by atoms with van der Waals surface area (Å²) in [5.41, 5.74) is 2.45.